The van der Waals surface area contributed by atoms with Crippen LogP contribution in [0.2, 0.25) is 0 Å². The van der Waals surface area contributed by atoms with E-state index < -0.39 is 6.10 Å². The van der Waals surface area contributed by atoms with E-state index in [1.165, 1.54) is 5.56 Å². The molecule has 5 heteroatoms. The van der Waals surface area contributed by atoms with E-state index >= 15 is 0 Å². The van der Waals surface area contributed by atoms with Crippen LogP contribution in [-0.4, -0.2) is 53.6 Å². The number of nitrogens with one attached hydrogen (secondary N) is 1. The van der Waals surface area contributed by atoms with Crippen molar-refractivity contribution in [1.29, 1.82) is 0 Å². The molecule has 2 aromatic rings. The maximum absolute atomic E-state index is 9.78. The van der Waals surface area contributed by atoms with Gasteiger partial charge >= 0.3 is 0 Å². The Morgan fingerprint density at radius 3 is 2.95 bits per heavy atom. The summed E-state index contributed by atoms with van der Waals surface area (Å²) >= 11 is 0. The summed E-state index contributed by atoms with van der Waals surface area (Å²) in [7, 11) is 3.57. The number of aliphatic hydroxyl groups is 1. The van der Waals surface area contributed by atoms with Crippen LogP contribution in [0, 0.1) is 6.92 Å². The summed E-state index contributed by atoms with van der Waals surface area (Å²) in [4.78, 5) is 2.06. The number of benzene rings is 1. The number of likely N-dealkylation sites (N-methyl/N-ethyl adjacent to an activating group) is 1. The van der Waals surface area contributed by atoms with E-state index in [0.29, 0.717) is 13.2 Å². The predicted molar refractivity (Wildman–Crippen MR) is 83.0 cm³/mol. The minimum Gasteiger partial charge on any atom is -0.389 e. The molecule has 1 aromatic carbocycles. The Kier molecular flexibility index (Phi) is 5.50. The van der Waals surface area contributed by atoms with E-state index in [2.05, 4.69) is 40.2 Å². The molecule has 0 fully saturated rings. The van der Waals surface area contributed by atoms with Gasteiger partial charge in [-0.2, -0.15) is 5.10 Å². The van der Waals surface area contributed by atoms with Crippen molar-refractivity contribution in [2.24, 2.45) is 0 Å². The van der Waals surface area contributed by atoms with E-state index in [1.807, 2.05) is 19.3 Å². The van der Waals surface area contributed by atoms with Crippen LogP contribution in [0.1, 0.15) is 11.1 Å². The van der Waals surface area contributed by atoms with Crippen molar-refractivity contribution < 1.29 is 9.84 Å². The van der Waals surface area contributed by atoms with E-state index in [1.54, 1.807) is 7.11 Å². The molecule has 0 bridgehead atoms. The predicted octanol–water partition coefficient (Wildman–Crippen LogP) is 1.82. The van der Waals surface area contributed by atoms with Crippen LogP contribution in [0.15, 0.2) is 30.5 Å². The van der Waals surface area contributed by atoms with Crippen molar-refractivity contribution in [3.8, 4) is 11.3 Å². The second-order valence-corrected chi connectivity index (χ2v) is 5.45. The smallest absolute Gasteiger partial charge is 0.0900 e. The number of rotatable bonds is 7. The van der Waals surface area contributed by atoms with Gasteiger partial charge in [0, 0.05) is 31.3 Å². The molecular weight excluding hydrogens is 266 g/mol. The largest absolute Gasteiger partial charge is 0.389 e. The molecule has 2 N–H and O–H groups in total. The van der Waals surface area contributed by atoms with E-state index in [0.717, 1.165) is 23.4 Å². The van der Waals surface area contributed by atoms with Gasteiger partial charge in [-0.05, 0) is 20.0 Å². The first-order valence-electron chi connectivity index (χ1n) is 7.05. The minimum atomic E-state index is -0.477. The first-order chi connectivity index (χ1) is 10.1. The SMILES string of the molecule is COCC(O)CN(C)Cc1cn[nH]c1-c1cccc(C)c1. The zero-order valence-corrected chi connectivity index (χ0v) is 12.8. The second kappa shape index (κ2) is 7.36. The number of aromatic nitrogens is 2. The van der Waals surface area contributed by atoms with E-state index in [-0.39, 0.29) is 0 Å². The van der Waals surface area contributed by atoms with Crippen molar-refractivity contribution in [3.63, 3.8) is 0 Å². The molecule has 1 heterocycles. The van der Waals surface area contributed by atoms with Crippen molar-refractivity contribution >= 4 is 0 Å². The van der Waals surface area contributed by atoms with Gasteiger partial charge in [0.05, 0.1) is 24.6 Å². The number of hydrogen-bond donors (Lipinski definition) is 2. The summed E-state index contributed by atoms with van der Waals surface area (Å²) in [5.74, 6) is 0. The topological polar surface area (TPSA) is 61.4 Å². The summed E-state index contributed by atoms with van der Waals surface area (Å²) in [6.07, 6.45) is 1.37. The average Bonchev–Trinajstić information content (AvgIpc) is 2.86. The third-order valence-electron chi connectivity index (χ3n) is 3.35. The van der Waals surface area contributed by atoms with Gasteiger partial charge in [0.2, 0.25) is 0 Å². The lowest BCUT2D eigenvalue weighted by atomic mass is 10.1. The maximum atomic E-state index is 9.78. The van der Waals surface area contributed by atoms with Gasteiger partial charge in [-0.3, -0.25) is 10.00 Å². The first-order valence-corrected chi connectivity index (χ1v) is 7.05. The highest BCUT2D eigenvalue weighted by molar-refractivity contribution is 5.63. The molecule has 5 nitrogen and oxygen atoms in total. The number of aromatic amines is 1. The fraction of sp³-hybridized carbons (Fsp3) is 0.438. The van der Waals surface area contributed by atoms with Crippen LogP contribution >= 0.6 is 0 Å². The Hall–Kier alpha value is -1.69. The van der Waals surface area contributed by atoms with Crippen molar-refractivity contribution in [2.75, 3.05) is 27.3 Å². The molecule has 21 heavy (non-hydrogen) atoms. The van der Waals surface area contributed by atoms with Gasteiger partial charge in [0.1, 0.15) is 0 Å². The van der Waals surface area contributed by atoms with Crippen molar-refractivity contribution in [2.45, 2.75) is 19.6 Å². The van der Waals surface area contributed by atoms with Gasteiger partial charge in [-0.25, -0.2) is 0 Å². The number of H-pyrrole nitrogens is 1. The highest BCUT2D eigenvalue weighted by Gasteiger charge is 2.13. The molecule has 2 rings (SSSR count). The summed E-state index contributed by atoms with van der Waals surface area (Å²) in [6, 6.07) is 8.33. The van der Waals surface area contributed by atoms with Crippen molar-refractivity contribution in [1.82, 2.24) is 15.1 Å². The van der Waals surface area contributed by atoms with Gasteiger partial charge in [0.15, 0.2) is 0 Å². The third kappa shape index (κ3) is 4.39. The quantitative estimate of drug-likeness (QED) is 0.816. The van der Waals surface area contributed by atoms with Crippen LogP contribution < -0.4 is 0 Å². The van der Waals surface area contributed by atoms with Gasteiger partial charge in [-0.1, -0.05) is 23.8 Å². The Labute approximate surface area is 125 Å². The molecule has 0 aliphatic heterocycles. The number of hydrogen-bond acceptors (Lipinski definition) is 4. The molecule has 0 spiro atoms. The average molecular weight is 289 g/mol. The molecule has 0 radical (unpaired) electrons. The Morgan fingerprint density at radius 2 is 2.24 bits per heavy atom. The number of methoxy groups -OCH3 is 1. The zero-order valence-electron chi connectivity index (χ0n) is 12.8. The number of nitrogens with zero attached hydrogens (tertiary/aromatic N) is 2. The van der Waals surface area contributed by atoms with Gasteiger partial charge in [0.25, 0.3) is 0 Å². The number of ether oxygens (including phenoxy) is 1. The molecule has 1 aromatic heterocycles. The standard InChI is InChI=1S/C16H23N3O2/c1-12-5-4-6-13(7-12)16-14(8-17-18-16)9-19(2)10-15(20)11-21-3/h4-8,15,20H,9-11H2,1-3H3,(H,17,18). The molecule has 0 saturated heterocycles. The molecule has 0 aliphatic rings. The molecule has 0 amide bonds. The Bertz CT molecular complexity index is 568. The first kappa shape index (κ1) is 15.7. The molecule has 1 atom stereocenters. The molecule has 0 saturated carbocycles. The fourth-order valence-electron chi connectivity index (χ4n) is 2.44. The number of aryl methyl sites for hydroxylation is 1. The van der Waals surface area contributed by atoms with Crippen LogP contribution in [-0.2, 0) is 11.3 Å². The highest BCUT2D eigenvalue weighted by Crippen LogP contribution is 2.22. The van der Waals surface area contributed by atoms with E-state index in [9.17, 15) is 5.11 Å². The summed E-state index contributed by atoms with van der Waals surface area (Å²) in [6.45, 7) is 3.71. The normalized spacial score (nSPS) is 12.8. The summed E-state index contributed by atoms with van der Waals surface area (Å²) < 4.78 is 4.95. The third-order valence-corrected chi connectivity index (χ3v) is 3.35. The van der Waals surface area contributed by atoms with Crippen LogP contribution in [0.4, 0.5) is 0 Å². The lowest BCUT2D eigenvalue weighted by Gasteiger charge is -2.20. The lowest BCUT2D eigenvalue weighted by Crippen LogP contribution is -2.31. The lowest BCUT2D eigenvalue weighted by molar-refractivity contribution is 0.0419. The minimum absolute atomic E-state index is 0.348. The zero-order chi connectivity index (χ0) is 15.2. The van der Waals surface area contributed by atoms with Gasteiger partial charge < -0.3 is 9.84 Å². The molecular formula is C16H23N3O2. The molecule has 1 unspecified atom stereocenters. The van der Waals surface area contributed by atoms with Crippen LogP contribution in [0.3, 0.4) is 0 Å². The summed E-state index contributed by atoms with van der Waals surface area (Å²) in [5.41, 5.74) is 4.50. The number of aliphatic hydroxyl groups excluding tert-OH is 1. The second-order valence-electron chi connectivity index (χ2n) is 5.45. The Balaban J connectivity index is 2.07. The maximum Gasteiger partial charge on any atom is 0.0900 e. The van der Waals surface area contributed by atoms with Gasteiger partial charge in [-0.15, -0.1) is 0 Å². The fourth-order valence-corrected chi connectivity index (χ4v) is 2.44. The van der Waals surface area contributed by atoms with Crippen molar-refractivity contribution in [3.05, 3.63) is 41.6 Å². The Morgan fingerprint density at radius 1 is 1.43 bits per heavy atom. The molecule has 0 aliphatic carbocycles. The van der Waals surface area contributed by atoms with Crippen LogP contribution in [0.5, 0.6) is 0 Å². The van der Waals surface area contributed by atoms with Crippen LogP contribution in [0.25, 0.3) is 11.3 Å². The highest BCUT2D eigenvalue weighted by atomic mass is 16.5. The van der Waals surface area contributed by atoms with E-state index in [4.69, 9.17) is 4.74 Å². The monoisotopic (exact) mass is 289 g/mol. The summed E-state index contributed by atoms with van der Waals surface area (Å²) in [5, 5.41) is 17.0. The molecule has 114 valence electrons.